The third-order valence-electron chi connectivity index (χ3n) is 4.87. The highest BCUT2D eigenvalue weighted by Gasteiger charge is 2.24. The summed E-state index contributed by atoms with van der Waals surface area (Å²) in [7, 11) is 0. The number of piperidine rings is 1. The van der Waals surface area contributed by atoms with Crippen LogP contribution in [0, 0.1) is 6.92 Å². The SMILES string of the molecule is CCc1cc(N2CCC(c3n[nH]c(C)n3)CC2)nc(-c2ccncc2)n1. The van der Waals surface area contributed by atoms with Gasteiger partial charge in [0.15, 0.2) is 11.6 Å². The van der Waals surface area contributed by atoms with Crippen molar-refractivity contribution in [1.29, 1.82) is 0 Å². The van der Waals surface area contributed by atoms with E-state index < -0.39 is 0 Å². The summed E-state index contributed by atoms with van der Waals surface area (Å²) in [5.74, 6) is 4.02. The third kappa shape index (κ3) is 3.42. The van der Waals surface area contributed by atoms with E-state index in [9.17, 15) is 0 Å². The number of rotatable bonds is 4. The van der Waals surface area contributed by atoms with E-state index in [0.29, 0.717) is 5.92 Å². The first-order chi connectivity index (χ1) is 12.7. The molecular weight excluding hydrogens is 326 g/mol. The van der Waals surface area contributed by atoms with Crippen LogP contribution in [-0.2, 0) is 6.42 Å². The number of H-pyrrole nitrogens is 1. The van der Waals surface area contributed by atoms with E-state index in [1.807, 2.05) is 19.1 Å². The minimum absolute atomic E-state index is 0.420. The van der Waals surface area contributed by atoms with Gasteiger partial charge in [-0.15, -0.1) is 0 Å². The van der Waals surface area contributed by atoms with Crippen molar-refractivity contribution in [2.75, 3.05) is 18.0 Å². The number of hydrogen-bond acceptors (Lipinski definition) is 6. The summed E-state index contributed by atoms with van der Waals surface area (Å²) in [6.07, 6.45) is 6.52. The zero-order valence-electron chi connectivity index (χ0n) is 15.2. The van der Waals surface area contributed by atoms with E-state index >= 15 is 0 Å². The van der Waals surface area contributed by atoms with E-state index in [-0.39, 0.29) is 0 Å². The summed E-state index contributed by atoms with van der Waals surface area (Å²) in [4.78, 5) is 20.4. The lowest BCUT2D eigenvalue weighted by molar-refractivity contribution is 0.484. The molecule has 3 aromatic heterocycles. The van der Waals surface area contributed by atoms with Crippen LogP contribution in [-0.4, -0.2) is 43.2 Å². The number of hydrogen-bond donors (Lipinski definition) is 1. The Morgan fingerprint density at radius 2 is 1.88 bits per heavy atom. The Balaban J connectivity index is 1.54. The van der Waals surface area contributed by atoms with Crippen molar-refractivity contribution in [3.05, 3.63) is 47.9 Å². The molecule has 0 unspecified atom stereocenters. The molecule has 3 aromatic rings. The van der Waals surface area contributed by atoms with Gasteiger partial charge in [-0.25, -0.2) is 15.0 Å². The van der Waals surface area contributed by atoms with Crippen molar-refractivity contribution in [1.82, 2.24) is 30.1 Å². The molecule has 134 valence electrons. The van der Waals surface area contributed by atoms with Crippen molar-refractivity contribution in [2.24, 2.45) is 0 Å². The Hall–Kier alpha value is -2.83. The number of anilines is 1. The van der Waals surface area contributed by atoms with Crippen molar-refractivity contribution >= 4 is 5.82 Å². The summed E-state index contributed by atoms with van der Waals surface area (Å²) >= 11 is 0. The molecule has 0 bridgehead atoms. The Bertz CT molecular complexity index is 867. The number of nitrogens with one attached hydrogen (secondary N) is 1. The fourth-order valence-electron chi connectivity index (χ4n) is 3.37. The van der Waals surface area contributed by atoms with Gasteiger partial charge in [0.25, 0.3) is 0 Å². The van der Waals surface area contributed by atoms with Gasteiger partial charge in [0.1, 0.15) is 11.6 Å². The van der Waals surface area contributed by atoms with Crippen LogP contribution in [0.15, 0.2) is 30.6 Å². The molecular formula is C19H23N7. The summed E-state index contributed by atoms with van der Waals surface area (Å²) in [5.41, 5.74) is 2.07. The largest absolute Gasteiger partial charge is 0.356 e. The van der Waals surface area contributed by atoms with Crippen LogP contribution in [0.4, 0.5) is 5.82 Å². The van der Waals surface area contributed by atoms with Gasteiger partial charge in [-0.2, -0.15) is 5.10 Å². The Labute approximate surface area is 152 Å². The monoisotopic (exact) mass is 349 g/mol. The fourth-order valence-corrected chi connectivity index (χ4v) is 3.37. The lowest BCUT2D eigenvalue weighted by Crippen LogP contribution is -2.34. The molecule has 0 atom stereocenters. The maximum Gasteiger partial charge on any atom is 0.161 e. The Morgan fingerprint density at radius 1 is 1.12 bits per heavy atom. The first-order valence-electron chi connectivity index (χ1n) is 9.15. The maximum absolute atomic E-state index is 4.83. The van der Waals surface area contributed by atoms with Crippen LogP contribution in [0.25, 0.3) is 11.4 Å². The smallest absolute Gasteiger partial charge is 0.161 e. The van der Waals surface area contributed by atoms with E-state index in [1.54, 1.807) is 12.4 Å². The maximum atomic E-state index is 4.83. The Morgan fingerprint density at radius 3 is 2.54 bits per heavy atom. The molecule has 0 radical (unpaired) electrons. The highest BCUT2D eigenvalue weighted by Crippen LogP contribution is 2.29. The molecule has 4 rings (SSSR count). The van der Waals surface area contributed by atoms with Gasteiger partial charge in [-0.3, -0.25) is 10.1 Å². The van der Waals surface area contributed by atoms with Crippen LogP contribution in [0.2, 0.25) is 0 Å². The number of nitrogens with zero attached hydrogens (tertiary/aromatic N) is 6. The summed E-state index contributed by atoms with van der Waals surface area (Å²) in [6.45, 7) is 5.97. The molecule has 4 heterocycles. The third-order valence-corrected chi connectivity index (χ3v) is 4.87. The molecule has 0 aromatic carbocycles. The van der Waals surface area contributed by atoms with E-state index in [2.05, 4.69) is 38.1 Å². The quantitative estimate of drug-likeness (QED) is 0.780. The zero-order chi connectivity index (χ0) is 17.9. The second kappa shape index (κ2) is 7.19. The lowest BCUT2D eigenvalue weighted by Gasteiger charge is -2.32. The molecule has 1 fully saturated rings. The molecule has 1 aliphatic rings. The summed E-state index contributed by atoms with van der Waals surface area (Å²) in [5, 5.41) is 7.28. The first kappa shape index (κ1) is 16.6. The molecule has 0 spiro atoms. The van der Waals surface area contributed by atoms with Crippen LogP contribution >= 0.6 is 0 Å². The number of pyridine rings is 1. The van der Waals surface area contributed by atoms with Gasteiger partial charge in [-0.05, 0) is 38.3 Å². The standard InChI is InChI=1S/C19H23N7/c1-3-16-12-17(23-18(22-16)14-4-8-20-9-5-14)26-10-6-15(7-11-26)19-21-13(2)24-25-19/h4-5,8-9,12,15H,3,6-7,10-11H2,1-2H3,(H,21,24,25). The second-order valence-electron chi connectivity index (χ2n) is 6.67. The lowest BCUT2D eigenvalue weighted by atomic mass is 9.96. The number of aromatic amines is 1. The molecule has 7 nitrogen and oxygen atoms in total. The van der Waals surface area contributed by atoms with Crippen LogP contribution < -0.4 is 4.90 Å². The normalized spacial score (nSPS) is 15.4. The first-order valence-corrected chi connectivity index (χ1v) is 9.15. The van der Waals surface area contributed by atoms with Gasteiger partial charge < -0.3 is 4.90 Å². The molecule has 26 heavy (non-hydrogen) atoms. The highest BCUT2D eigenvalue weighted by molar-refractivity contribution is 5.57. The second-order valence-corrected chi connectivity index (χ2v) is 6.67. The summed E-state index contributed by atoms with van der Waals surface area (Å²) < 4.78 is 0. The van der Waals surface area contributed by atoms with Crippen molar-refractivity contribution in [3.63, 3.8) is 0 Å². The number of aryl methyl sites for hydroxylation is 2. The van der Waals surface area contributed by atoms with Crippen molar-refractivity contribution < 1.29 is 0 Å². The van der Waals surface area contributed by atoms with Gasteiger partial charge >= 0.3 is 0 Å². The van der Waals surface area contributed by atoms with Crippen molar-refractivity contribution in [2.45, 2.75) is 39.0 Å². The van der Waals surface area contributed by atoms with E-state index in [4.69, 9.17) is 9.97 Å². The van der Waals surface area contributed by atoms with Crippen LogP contribution in [0.1, 0.15) is 43.0 Å². The van der Waals surface area contributed by atoms with Crippen LogP contribution in [0.5, 0.6) is 0 Å². The fraction of sp³-hybridized carbons (Fsp3) is 0.421. The Kier molecular flexibility index (Phi) is 4.60. The number of aromatic nitrogens is 6. The minimum atomic E-state index is 0.420. The van der Waals surface area contributed by atoms with Crippen LogP contribution in [0.3, 0.4) is 0 Å². The highest BCUT2D eigenvalue weighted by atomic mass is 15.2. The predicted molar refractivity (Wildman–Crippen MR) is 99.9 cm³/mol. The molecule has 1 N–H and O–H groups in total. The topological polar surface area (TPSA) is 83.5 Å². The molecule has 1 aliphatic heterocycles. The van der Waals surface area contributed by atoms with Gasteiger partial charge in [0, 0.05) is 48.7 Å². The zero-order valence-corrected chi connectivity index (χ0v) is 15.2. The van der Waals surface area contributed by atoms with E-state index in [1.165, 1.54) is 0 Å². The van der Waals surface area contributed by atoms with Crippen molar-refractivity contribution in [3.8, 4) is 11.4 Å². The molecule has 0 amide bonds. The minimum Gasteiger partial charge on any atom is -0.356 e. The molecule has 1 saturated heterocycles. The van der Waals surface area contributed by atoms with Gasteiger partial charge in [0.05, 0.1) is 0 Å². The average Bonchev–Trinajstić information content (AvgIpc) is 3.15. The average molecular weight is 349 g/mol. The van der Waals surface area contributed by atoms with Gasteiger partial charge in [0.2, 0.25) is 0 Å². The predicted octanol–water partition coefficient (Wildman–Crippen LogP) is 2.91. The molecule has 7 heteroatoms. The summed E-state index contributed by atoms with van der Waals surface area (Å²) in [6, 6.07) is 6.02. The molecule has 0 aliphatic carbocycles. The van der Waals surface area contributed by atoms with Gasteiger partial charge in [-0.1, -0.05) is 6.92 Å². The molecule has 0 saturated carbocycles. The van der Waals surface area contributed by atoms with E-state index in [0.717, 1.165) is 66.9 Å².